The fourth-order valence-corrected chi connectivity index (χ4v) is 1.45. The van der Waals surface area contributed by atoms with Crippen molar-refractivity contribution in [1.29, 1.82) is 5.26 Å². The number of rotatable bonds is 5. The molecular weight excluding hydrogens is 282 g/mol. The van der Waals surface area contributed by atoms with E-state index in [9.17, 15) is 22.4 Å². The Morgan fingerprint density at radius 2 is 2.00 bits per heavy atom. The molecule has 0 N–H and O–H groups in total. The number of carbonyl (C=O) groups is 1. The number of alkyl halides is 4. The van der Waals surface area contributed by atoms with Crippen LogP contribution in [0.4, 0.5) is 17.6 Å². The zero-order valence-electron chi connectivity index (χ0n) is 10.2. The van der Waals surface area contributed by atoms with E-state index in [2.05, 4.69) is 9.47 Å². The average Bonchev–Trinajstić information content (AvgIpc) is 2.37. The maximum atomic E-state index is 12.8. The molecule has 0 aliphatic carbocycles. The number of nitriles is 1. The predicted octanol–water partition coefficient (Wildman–Crippen LogP) is 3.27. The normalized spacial score (nSPS) is 10.5. The van der Waals surface area contributed by atoms with Gasteiger partial charge in [-0.3, -0.25) is 0 Å². The lowest BCUT2D eigenvalue weighted by molar-refractivity contribution is -0.0503. The minimum atomic E-state index is -3.31. The molecule has 0 fully saturated rings. The van der Waals surface area contributed by atoms with Gasteiger partial charge < -0.3 is 9.47 Å². The van der Waals surface area contributed by atoms with Crippen molar-refractivity contribution in [3.8, 4) is 11.8 Å². The fraction of sp³-hybridized carbons (Fsp3) is 0.333. The van der Waals surface area contributed by atoms with E-state index in [1.807, 2.05) is 0 Å². The van der Waals surface area contributed by atoms with Crippen molar-refractivity contribution >= 4 is 5.97 Å². The first kappa shape index (κ1) is 15.8. The van der Waals surface area contributed by atoms with Gasteiger partial charge in [-0.05, 0) is 19.1 Å². The predicted molar refractivity (Wildman–Crippen MR) is 58.7 cm³/mol. The van der Waals surface area contributed by atoms with Crippen LogP contribution in [0.5, 0.6) is 5.75 Å². The Kier molecular flexibility index (Phi) is 5.32. The molecule has 108 valence electrons. The molecule has 0 aromatic heterocycles. The Balaban J connectivity index is 3.40. The van der Waals surface area contributed by atoms with Crippen molar-refractivity contribution in [3.05, 3.63) is 28.8 Å². The van der Waals surface area contributed by atoms with Gasteiger partial charge in [0.15, 0.2) is 0 Å². The van der Waals surface area contributed by atoms with E-state index in [0.29, 0.717) is 0 Å². The van der Waals surface area contributed by atoms with Gasteiger partial charge in [0.05, 0.1) is 12.2 Å². The summed E-state index contributed by atoms with van der Waals surface area (Å²) in [6.07, 6.45) is -3.13. The molecule has 1 aromatic carbocycles. The lowest BCUT2D eigenvalue weighted by atomic mass is 10.0. The highest BCUT2D eigenvalue weighted by atomic mass is 19.3. The minimum absolute atomic E-state index is 0.0200. The van der Waals surface area contributed by atoms with E-state index in [1.165, 1.54) is 13.0 Å². The Bertz CT molecular complexity index is 540. The number of ether oxygens (including phenoxy) is 2. The van der Waals surface area contributed by atoms with Gasteiger partial charge in [0.2, 0.25) is 0 Å². The largest absolute Gasteiger partial charge is 0.462 e. The van der Waals surface area contributed by atoms with E-state index < -0.39 is 41.4 Å². The summed E-state index contributed by atoms with van der Waals surface area (Å²) in [6, 6.07) is 2.85. The first-order chi connectivity index (χ1) is 9.40. The van der Waals surface area contributed by atoms with Gasteiger partial charge in [-0.2, -0.15) is 14.0 Å². The summed E-state index contributed by atoms with van der Waals surface area (Å²) in [5.74, 6) is -1.76. The highest BCUT2D eigenvalue weighted by molar-refractivity contribution is 5.90. The summed E-state index contributed by atoms with van der Waals surface area (Å²) in [6.45, 7) is -1.84. The molecule has 0 atom stereocenters. The van der Waals surface area contributed by atoms with Crippen LogP contribution in [0.2, 0.25) is 0 Å². The van der Waals surface area contributed by atoms with Crippen molar-refractivity contribution in [1.82, 2.24) is 0 Å². The second-order valence-corrected chi connectivity index (χ2v) is 3.45. The molecule has 0 spiro atoms. The van der Waals surface area contributed by atoms with E-state index in [0.717, 1.165) is 12.1 Å². The van der Waals surface area contributed by atoms with Gasteiger partial charge in [0, 0.05) is 5.56 Å². The lowest BCUT2D eigenvalue weighted by Crippen LogP contribution is -2.10. The van der Waals surface area contributed by atoms with Gasteiger partial charge in [-0.15, -0.1) is 0 Å². The van der Waals surface area contributed by atoms with E-state index in [-0.39, 0.29) is 6.61 Å². The van der Waals surface area contributed by atoms with Gasteiger partial charge >= 0.3 is 12.6 Å². The Morgan fingerprint density at radius 3 is 2.45 bits per heavy atom. The third-order valence-corrected chi connectivity index (χ3v) is 2.21. The molecule has 20 heavy (non-hydrogen) atoms. The molecule has 8 heteroatoms. The molecule has 0 aliphatic heterocycles. The van der Waals surface area contributed by atoms with Crippen molar-refractivity contribution in [2.75, 3.05) is 6.61 Å². The third-order valence-electron chi connectivity index (χ3n) is 2.21. The number of esters is 1. The minimum Gasteiger partial charge on any atom is -0.462 e. The van der Waals surface area contributed by atoms with Gasteiger partial charge in [0.25, 0.3) is 6.43 Å². The standard InChI is InChI=1S/C12H9F4NO3/c1-2-19-11(18)6-3-7(10(13)14)8(5-17)9(4-6)20-12(15)16/h3-4,10,12H,2H2,1H3. The summed E-state index contributed by atoms with van der Waals surface area (Å²) in [7, 11) is 0. The second-order valence-electron chi connectivity index (χ2n) is 3.45. The Labute approximate surface area is 111 Å². The molecule has 4 nitrogen and oxygen atoms in total. The average molecular weight is 291 g/mol. The van der Waals surface area contributed by atoms with Gasteiger partial charge in [0.1, 0.15) is 17.4 Å². The Hall–Kier alpha value is -2.30. The molecule has 0 saturated heterocycles. The maximum Gasteiger partial charge on any atom is 0.387 e. The molecule has 0 amide bonds. The quantitative estimate of drug-likeness (QED) is 0.617. The number of hydrogen-bond acceptors (Lipinski definition) is 4. The zero-order chi connectivity index (χ0) is 15.3. The van der Waals surface area contributed by atoms with E-state index in [4.69, 9.17) is 5.26 Å². The highest BCUT2D eigenvalue weighted by Gasteiger charge is 2.23. The van der Waals surface area contributed by atoms with Crippen LogP contribution in [-0.2, 0) is 4.74 Å². The summed E-state index contributed by atoms with van der Waals surface area (Å²) < 4.78 is 58.6. The molecule has 1 aromatic rings. The topological polar surface area (TPSA) is 59.3 Å². The molecule has 0 bridgehead atoms. The summed E-state index contributed by atoms with van der Waals surface area (Å²) in [5, 5.41) is 8.77. The SMILES string of the molecule is CCOC(=O)c1cc(OC(F)F)c(C#N)c(C(F)F)c1. The van der Waals surface area contributed by atoms with Crippen molar-refractivity contribution in [2.24, 2.45) is 0 Å². The molecular formula is C12H9F4NO3. The molecule has 0 aliphatic rings. The number of halogens is 4. The monoisotopic (exact) mass is 291 g/mol. The number of benzene rings is 1. The molecule has 1 rings (SSSR count). The molecule has 0 saturated carbocycles. The van der Waals surface area contributed by atoms with Crippen LogP contribution in [0, 0.1) is 11.3 Å². The second kappa shape index (κ2) is 6.75. The molecule has 0 radical (unpaired) electrons. The number of hydrogen-bond donors (Lipinski definition) is 0. The molecule has 0 unspecified atom stereocenters. The summed E-state index contributed by atoms with van der Waals surface area (Å²) in [5.41, 5.74) is -2.00. The van der Waals surface area contributed by atoms with Crippen LogP contribution in [0.3, 0.4) is 0 Å². The van der Waals surface area contributed by atoms with Crippen LogP contribution >= 0.6 is 0 Å². The summed E-state index contributed by atoms with van der Waals surface area (Å²) in [4.78, 5) is 11.5. The van der Waals surface area contributed by atoms with Crippen molar-refractivity contribution in [2.45, 2.75) is 20.0 Å². The van der Waals surface area contributed by atoms with Crippen LogP contribution < -0.4 is 4.74 Å². The van der Waals surface area contributed by atoms with Gasteiger partial charge in [-0.25, -0.2) is 13.6 Å². The fourth-order valence-electron chi connectivity index (χ4n) is 1.45. The van der Waals surface area contributed by atoms with Crippen LogP contribution in [0.25, 0.3) is 0 Å². The van der Waals surface area contributed by atoms with E-state index in [1.54, 1.807) is 0 Å². The maximum absolute atomic E-state index is 12.8. The van der Waals surface area contributed by atoms with Crippen LogP contribution in [-0.4, -0.2) is 19.2 Å². The van der Waals surface area contributed by atoms with Gasteiger partial charge in [-0.1, -0.05) is 0 Å². The third kappa shape index (κ3) is 3.60. The first-order valence-electron chi connectivity index (χ1n) is 5.38. The smallest absolute Gasteiger partial charge is 0.387 e. The number of carbonyl (C=O) groups excluding carboxylic acids is 1. The zero-order valence-corrected chi connectivity index (χ0v) is 10.2. The van der Waals surface area contributed by atoms with Crippen molar-refractivity contribution in [3.63, 3.8) is 0 Å². The first-order valence-corrected chi connectivity index (χ1v) is 5.38. The van der Waals surface area contributed by atoms with E-state index >= 15 is 0 Å². The highest BCUT2D eigenvalue weighted by Crippen LogP contribution is 2.32. The summed E-state index contributed by atoms with van der Waals surface area (Å²) >= 11 is 0. The Morgan fingerprint density at radius 1 is 1.35 bits per heavy atom. The lowest BCUT2D eigenvalue weighted by Gasteiger charge is -2.12. The van der Waals surface area contributed by atoms with Crippen LogP contribution in [0.1, 0.15) is 34.8 Å². The van der Waals surface area contributed by atoms with Crippen LogP contribution in [0.15, 0.2) is 12.1 Å². The van der Waals surface area contributed by atoms with Crippen molar-refractivity contribution < 1.29 is 31.8 Å². The molecule has 0 heterocycles. The number of nitrogens with zero attached hydrogens (tertiary/aromatic N) is 1.